The number of carbonyl (C=O) groups excluding carboxylic acids is 1. The van der Waals surface area contributed by atoms with Crippen LogP contribution in [-0.2, 0) is 11.2 Å². The lowest BCUT2D eigenvalue weighted by atomic mass is 10.1. The number of fused-ring (bicyclic) bond motifs is 1. The number of hydrogen-bond donors (Lipinski definition) is 1. The van der Waals surface area contributed by atoms with Crippen molar-refractivity contribution in [3.63, 3.8) is 0 Å². The highest BCUT2D eigenvalue weighted by molar-refractivity contribution is 7.09. The largest absolute Gasteiger partial charge is 0.491 e. The van der Waals surface area contributed by atoms with Crippen molar-refractivity contribution in [2.24, 2.45) is 5.10 Å². The maximum absolute atomic E-state index is 12.1. The Morgan fingerprint density at radius 1 is 1.46 bits per heavy atom. The second-order valence-corrected chi connectivity index (χ2v) is 7.17. The second kappa shape index (κ2) is 7.51. The summed E-state index contributed by atoms with van der Waals surface area (Å²) in [7, 11) is 0. The Balaban J connectivity index is 1.78. The molecule has 0 saturated carbocycles. The molecule has 0 bridgehead atoms. The molecule has 0 unspecified atom stereocenters. The maximum Gasteiger partial charge on any atom is 0.246 e. The van der Waals surface area contributed by atoms with Crippen LogP contribution in [0.1, 0.15) is 29.1 Å². The third-order valence-corrected chi connectivity index (χ3v) is 5.10. The summed E-state index contributed by atoms with van der Waals surface area (Å²) in [6.45, 7) is 2.43. The van der Waals surface area contributed by atoms with Gasteiger partial charge in [-0.2, -0.15) is 5.10 Å². The van der Waals surface area contributed by atoms with Crippen molar-refractivity contribution in [1.82, 2.24) is 10.4 Å². The van der Waals surface area contributed by atoms with Crippen molar-refractivity contribution in [3.8, 4) is 5.75 Å². The molecule has 0 spiro atoms. The molecule has 1 aliphatic heterocycles. The molecule has 1 aliphatic rings. The Morgan fingerprint density at radius 3 is 3.04 bits per heavy atom. The van der Waals surface area contributed by atoms with E-state index in [4.69, 9.17) is 27.9 Å². The average Bonchev–Trinajstić information content (AvgIpc) is 2.84. The molecule has 1 N–H and O–H groups in total. The van der Waals surface area contributed by atoms with Crippen LogP contribution in [0.5, 0.6) is 5.75 Å². The van der Waals surface area contributed by atoms with E-state index in [0.717, 1.165) is 28.4 Å². The Kier molecular flexibility index (Phi) is 5.38. The Labute approximate surface area is 153 Å². The van der Waals surface area contributed by atoms with Gasteiger partial charge >= 0.3 is 0 Å². The summed E-state index contributed by atoms with van der Waals surface area (Å²) in [5, 5.41) is 7.88. The number of carbonyl (C=O) groups is 1. The highest BCUT2D eigenvalue weighted by Gasteiger charge is 2.20. The van der Waals surface area contributed by atoms with Gasteiger partial charge in [-0.3, -0.25) is 4.79 Å². The molecule has 1 amide bonds. The first-order valence-corrected chi connectivity index (χ1v) is 9.05. The highest BCUT2D eigenvalue weighted by Crippen LogP contribution is 2.37. The van der Waals surface area contributed by atoms with Gasteiger partial charge < -0.3 is 4.74 Å². The summed E-state index contributed by atoms with van der Waals surface area (Å²) in [6, 6.07) is 3.51. The molecule has 1 aromatic heterocycles. The molecule has 0 atom stereocenters. The lowest BCUT2D eigenvalue weighted by Gasteiger charge is -2.11. The van der Waals surface area contributed by atoms with Gasteiger partial charge in [0.05, 0.1) is 34.5 Å². The van der Waals surface area contributed by atoms with E-state index in [2.05, 4.69) is 15.5 Å². The average molecular weight is 384 g/mol. The number of amides is 1. The van der Waals surface area contributed by atoms with Gasteiger partial charge in [0.2, 0.25) is 5.91 Å². The first-order valence-electron chi connectivity index (χ1n) is 7.42. The summed E-state index contributed by atoms with van der Waals surface area (Å²) in [4.78, 5) is 16.3. The number of aromatic nitrogens is 1. The first kappa shape index (κ1) is 17.2. The number of benzene rings is 1. The fraction of sp³-hybridized carbons (Fsp3) is 0.312. The minimum atomic E-state index is -0.209. The predicted octanol–water partition coefficient (Wildman–Crippen LogP) is 3.99. The lowest BCUT2D eigenvalue weighted by Crippen LogP contribution is -2.22. The summed E-state index contributed by atoms with van der Waals surface area (Å²) in [6.07, 6.45) is 1.66. The van der Waals surface area contributed by atoms with Crippen LogP contribution in [0.4, 0.5) is 0 Å². The van der Waals surface area contributed by atoms with Gasteiger partial charge in [-0.1, -0.05) is 23.2 Å². The Bertz CT molecular complexity index is 805. The molecular formula is C16H15Cl2N3O2S. The van der Waals surface area contributed by atoms with E-state index in [-0.39, 0.29) is 12.3 Å². The van der Waals surface area contributed by atoms with Gasteiger partial charge in [-0.15, -0.1) is 11.3 Å². The Hall–Kier alpha value is -1.63. The van der Waals surface area contributed by atoms with Gasteiger partial charge in [0.1, 0.15) is 10.8 Å². The van der Waals surface area contributed by atoms with E-state index >= 15 is 0 Å². The van der Waals surface area contributed by atoms with Crippen LogP contribution in [0.25, 0.3) is 0 Å². The molecule has 2 heterocycles. The zero-order valence-corrected chi connectivity index (χ0v) is 15.3. The molecule has 3 rings (SSSR count). The highest BCUT2D eigenvalue weighted by atomic mass is 35.5. The number of nitrogens with zero attached hydrogens (tertiary/aromatic N) is 2. The summed E-state index contributed by atoms with van der Waals surface area (Å²) in [5.41, 5.74) is 4.82. The van der Waals surface area contributed by atoms with E-state index in [1.807, 2.05) is 18.4 Å². The molecule has 0 radical (unpaired) electrons. The monoisotopic (exact) mass is 383 g/mol. The van der Waals surface area contributed by atoms with Crippen molar-refractivity contribution >= 4 is 46.2 Å². The Morgan fingerprint density at radius 2 is 2.29 bits per heavy atom. The number of thiazole rings is 1. The van der Waals surface area contributed by atoms with Crippen molar-refractivity contribution in [1.29, 1.82) is 0 Å². The van der Waals surface area contributed by atoms with Crippen LogP contribution in [0, 0.1) is 6.92 Å². The standard InChI is InChI=1S/C16H15Cl2N3O2S/c1-9-19-10(8-24-9)7-14(22)21-20-13-3-2-6-23-16-11(13)4-5-12(17)15(16)18/h4-5,8H,2-3,6-7H2,1H3,(H,21,22). The van der Waals surface area contributed by atoms with Crippen molar-refractivity contribution in [3.05, 3.63) is 43.8 Å². The zero-order chi connectivity index (χ0) is 17.1. The van der Waals surface area contributed by atoms with Gasteiger partial charge in [0, 0.05) is 10.9 Å². The van der Waals surface area contributed by atoms with Crippen molar-refractivity contribution in [2.75, 3.05) is 6.61 Å². The van der Waals surface area contributed by atoms with E-state index in [1.165, 1.54) is 11.3 Å². The van der Waals surface area contributed by atoms with Crippen LogP contribution < -0.4 is 10.2 Å². The number of nitrogens with one attached hydrogen (secondary N) is 1. The smallest absolute Gasteiger partial charge is 0.246 e. The number of rotatable bonds is 3. The van der Waals surface area contributed by atoms with Crippen LogP contribution in [0.2, 0.25) is 10.0 Å². The molecule has 126 valence electrons. The van der Waals surface area contributed by atoms with Gasteiger partial charge in [0.15, 0.2) is 0 Å². The number of aryl methyl sites for hydroxylation is 1. The van der Waals surface area contributed by atoms with Gasteiger partial charge in [-0.25, -0.2) is 10.4 Å². The normalized spacial score (nSPS) is 15.5. The lowest BCUT2D eigenvalue weighted by molar-refractivity contribution is -0.120. The van der Waals surface area contributed by atoms with E-state index in [0.29, 0.717) is 28.8 Å². The van der Waals surface area contributed by atoms with E-state index in [1.54, 1.807) is 6.07 Å². The third-order valence-electron chi connectivity index (χ3n) is 3.49. The van der Waals surface area contributed by atoms with Crippen LogP contribution in [-0.4, -0.2) is 23.2 Å². The molecule has 1 aromatic carbocycles. The molecule has 0 aliphatic carbocycles. The van der Waals surface area contributed by atoms with Crippen molar-refractivity contribution in [2.45, 2.75) is 26.2 Å². The number of ether oxygens (including phenoxy) is 1. The molecule has 2 aromatic rings. The van der Waals surface area contributed by atoms with Crippen LogP contribution in [0.3, 0.4) is 0 Å². The fourth-order valence-electron chi connectivity index (χ4n) is 2.39. The molecular weight excluding hydrogens is 369 g/mol. The van der Waals surface area contributed by atoms with Crippen LogP contribution >= 0.6 is 34.5 Å². The zero-order valence-electron chi connectivity index (χ0n) is 12.9. The molecule has 5 nitrogen and oxygen atoms in total. The van der Waals surface area contributed by atoms with E-state index in [9.17, 15) is 4.79 Å². The topological polar surface area (TPSA) is 63.6 Å². The van der Waals surface area contributed by atoms with Gasteiger partial charge in [0.25, 0.3) is 0 Å². The minimum absolute atomic E-state index is 0.200. The number of halogens is 2. The molecule has 24 heavy (non-hydrogen) atoms. The van der Waals surface area contributed by atoms with Crippen molar-refractivity contribution < 1.29 is 9.53 Å². The molecule has 0 saturated heterocycles. The summed E-state index contributed by atoms with van der Waals surface area (Å²) < 4.78 is 5.68. The maximum atomic E-state index is 12.1. The third kappa shape index (κ3) is 3.88. The summed E-state index contributed by atoms with van der Waals surface area (Å²) in [5.74, 6) is 0.310. The number of hydrogen-bond acceptors (Lipinski definition) is 5. The summed E-state index contributed by atoms with van der Waals surface area (Å²) >= 11 is 13.8. The quantitative estimate of drug-likeness (QED) is 0.814. The molecule has 8 heteroatoms. The SMILES string of the molecule is Cc1nc(CC(=O)NN=C2CCCOc3c2ccc(Cl)c3Cl)cs1. The van der Waals surface area contributed by atoms with Crippen LogP contribution in [0.15, 0.2) is 22.6 Å². The number of hydrazone groups is 1. The van der Waals surface area contributed by atoms with Gasteiger partial charge in [-0.05, 0) is 31.9 Å². The second-order valence-electron chi connectivity index (χ2n) is 5.32. The molecule has 0 fully saturated rings. The first-order chi connectivity index (χ1) is 11.5. The van der Waals surface area contributed by atoms with E-state index < -0.39 is 0 Å². The fourth-order valence-corrected chi connectivity index (χ4v) is 3.37. The predicted molar refractivity (Wildman–Crippen MR) is 96.4 cm³/mol. The minimum Gasteiger partial charge on any atom is -0.491 e.